The molecule has 0 spiro atoms. The van der Waals surface area contributed by atoms with Gasteiger partial charge < -0.3 is 0 Å². The van der Waals surface area contributed by atoms with Gasteiger partial charge in [-0.3, -0.25) is 4.98 Å². The number of rotatable bonds is 1. The molecule has 0 unspecified atom stereocenters. The summed E-state index contributed by atoms with van der Waals surface area (Å²) in [4.78, 5) is 7.82. The van der Waals surface area contributed by atoms with Crippen LogP contribution in [-0.2, 0) is 0 Å². The van der Waals surface area contributed by atoms with Gasteiger partial charge in [0.15, 0.2) is 5.69 Å². The smallest absolute Gasteiger partial charge is 0.159 e. The molecule has 0 N–H and O–H groups in total. The molecule has 0 saturated heterocycles. The minimum absolute atomic E-state index is 0.0295. The van der Waals surface area contributed by atoms with Crippen molar-refractivity contribution in [2.75, 3.05) is 0 Å². The van der Waals surface area contributed by atoms with E-state index in [2.05, 4.69) is 9.97 Å². The lowest BCUT2D eigenvalue weighted by Crippen LogP contribution is -1.91. The zero-order chi connectivity index (χ0) is 12.3. The normalized spacial score (nSPS) is 9.35. The summed E-state index contributed by atoms with van der Waals surface area (Å²) < 4.78 is 13.4. The Labute approximate surface area is 96.6 Å². The summed E-state index contributed by atoms with van der Waals surface area (Å²) in [6.45, 7) is 0. The van der Waals surface area contributed by atoms with Crippen molar-refractivity contribution in [1.29, 1.82) is 10.5 Å². The van der Waals surface area contributed by atoms with E-state index in [9.17, 15) is 4.39 Å². The van der Waals surface area contributed by atoms with Crippen molar-refractivity contribution in [3.8, 4) is 23.4 Å². The average molecular weight is 224 g/mol. The van der Waals surface area contributed by atoms with Gasteiger partial charge in [0.05, 0.1) is 23.7 Å². The fraction of sp³-hybridized carbons (Fsp3) is 0. The summed E-state index contributed by atoms with van der Waals surface area (Å²) >= 11 is 0. The molecule has 1 aromatic heterocycles. The Hall–Kier alpha value is -2.79. The summed E-state index contributed by atoms with van der Waals surface area (Å²) in [5.41, 5.74) is 1.00. The Morgan fingerprint density at radius 3 is 2.59 bits per heavy atom. The van der Waals surface area contributed by atoms with Gasteiger partial charge in [-0.05, 0) is 12.1 Å². The number of halogens is 1. The summed E-state index contributed by atoms with van der Waals surface area (Å²) in [6, 6.07) is 7.71. The highest BCUT2D eigenvalue weighted by Gasteiger charge is 2.06. The van der Waals surface area contributed by atoms with E-state index in [1.54, 1.807) is 12.1 Å². The van der Waals surface area contributed by atoms with Crippen molar-refractivity contribution < 1.29 is 4.39 Å². The van der Waals surface area contributed by atoms with E-state index < -0.39 is 5.82 Å². The molecular weight excluding hydrogens is 219 g/mol. The molecule has 2 rings (SSSR count). The standard InChI is InChI=1S/C12H5FN4/c13-11-3-8(1-2-9(11)4-14)12-7-16-6-10(5-15)17-12/h1-3,6-7H. The van der Waals surface area contributed by atoms with Crippen LogP contribution < -0.4 is 0 Å². The predicted octanol–water partition coefficient (Wildman–Crippen LogP) is 2.03. The third-order valence-corrected chi connectivity index (χ3v) is 2.13. The fourth-order valence-electron chi connectivity index (χ4n) is 1.32. The van der Waals surface area contributed by atoms with E-state index in [0.717, 1.165) is 0 Å². The van der Waals surface area contributed by atoms with E-state index in [0.29, 0.717) is 11.3 Å². The van der Waals surface area contributed by atoms with Gasteiger partial charge in [0.2, 0.25) is 0 Å². The lowest BCUT2D eigenvalue weighted by atomic mass is 10.1. The number of hydrogen-bond acceptors (Lipinski definition) is 4. The van der Waals surface area contributed by atoms with Crippen molar-refractivity contribution in [2.45, 2.75) is 0 Å². The van der Waals surface area contributed by atoms with Crippen LogP contribution in [0.3, 0.4) is 0 Å². The second kappa shape index (κ2) is 4.38. The molecule has 0 fully saturated rings. The monoisotopic (exact) mass is 224 g/mol. The molecular formula is C12H5FN4. The Balaban J connectivity index is 2.51. The quantitative estimate of drug-likeness (QED) is 0.742. The van der Waals surface area contributed by atoms with E-state index >= 15 is 0 Å². The molecule has 0 aliphatic rings. The first kappa shape index (κ1) is 10.7. The first-order chi connectivity index (χ1) is 8.24. The number of aromatic nitrogens is 2. The molecule has 0 aliphatic heterocycles. The van der Waals surface area contributed by atoms with Crippen LogP contribution in [0.2, 0.25) is 0 Å². The predicted molar refractivity (Wildman–Crippen MR) is 56.9 cm³/mol. The number of nitrogens with zero attached hydrogens (tertiary/aromatic N) is 4. The van der Waals surface area contributed by atoms with Crippen molar-refractivity contribution in [2.24, 2.45) is 0 Å². The second-order valence-electron chi connectivity index (χ2n) is 3.21. The van der Waals surface area contributed by atoms with Crippen molar-refractivity contribution in [3.05, 3.63) is 47.7 Å². The SMILES string of the molecule is N#Cc1cncc(-c2ccc(C#N)c(F)c2)n1. The summed E-state index contributed by atoms with van der Waals surface area (Å²) in [7, 11) is 0. The first-order valence-corrected chi connectivity index (χ1v) is 4.67. The van der Waals surface area contributed by atoms with Crippen molar-refractivity contribution >= 4 is 0 Å². The highest BCUT2D eigenvalue weighted by Crippen LogP contribution is 2.19. The van der Waals surface area contributed by atoms with Crippen LogP contribution >= 0.6 is 0 Å². The lowest BCUT2D eigenvalue weighted by molar-refractivity contribution is 0.624. The maximum atomic E-state index is 13.4. The molecule has 2 aromatic rings. The first-order valence-electron chi connectivity index (χ1n) is 4.67. The van der Waals surface area contributed by atoms with Crippen molar-refractivity contribution in [3.63, 3.8) is 0 Å². The van der Waals surface area contributed by atoms with Gasteiger partial charge in [0.25, 0.3) is 0 Å². The average Bonchev–Trinajstić information content (AvgIpc) is 2.38. The van der Waals surface area contributed by atoms with E-state index in [-0.39, 0.29) is 11.3 Å². The summed E-state index contributed by atoms with van der Waals surface area (Å²) in [5.74, 6) is -0.617. The topological polar surface area (TPSA) is 73.4 Å². The summed E-state index contributed by atoms with van der Waals surface area (Å²) in [6.07, 6.45) is 2.76. The van der Waals surface area contributed by atoms with E-state index in [4.69, 9.17) is 10.5 Å². The molecule has 4 nitrogen and oxygen atoms in total. The zero-order valence-electron chi connectivity index (χ0n) is 8.55. The lowest BCUT2D eigenvalue weighted by Gasteiger charge is -2.01. The van der Waals surface area contributed by atoms with Gasteiger partial charge in [-0.15, -0.1) is 0 Å². The molecule has 5 heteroatoms. The molecule has 17 heavy (non-hydrogen) atoms. The van der Waals surface area contributed by atoms with Gasteiger partial charge in [0, 0.05) is 5.56 Å². The molecule has 0 radical (unpaired) electrons. The molecule has 0 bridgehead atoms. The van der Waals surface area contributed by atoms with E-state index in [1.807, 2.05) is 6.07 Å². The van der Waals surface area contributed by atoms with Crippen LogP contribution in [0.15, 0.2) is 30.6 Å². The van der Waals surface area contributed by atoms with Crippen LogP contribution in [0.25, 0.3) is 11.3 Å². The van der Waals surface area contributed by atoms with E-state index in [1.165, 1.54) is 24.5 Å². The number of benzene rings is 1. The Kier molecular flexibility index (Phi) is 2.76. The molecule has 0 saturated carbocycles. The van der Waals surface area contributed by atoms with Crippen molar-refractivity contribution in [1.82, 2.24) is 9.97 Å². The third-order valence-electron chi connectivity index (χ3n) is 2.13. The largest absolute Gasteiger partial charge is 0.259 e. The third kappa shape index (κ3) is 2.09. The number of nitriles is 2. The van der Waals surface area contributed by atoms with Crippen LogP contribution in [0, 0.1) is 28.5 Å². The highest BCUT2D eigenvalue weighted by atomic mass is 19.1. The van der Waals surface area contributed by atoms with Gasteiger partial charge in [-0.25, -0.2) is 9.37 Å². The Morgan fingerprint density at radius 2 is 1.94 bits per heavy atom. The Morgan fingerprint density at radius 1 is 1.12 bits per heavy atom. The molecule has 80 valence electrons. The Bertz CT molecular complexity index is 652. The van der Waals surface area contributed by atoms with Gasteiger partial charge in [-0.2, -0.15) is 10.5 Å². The van der Waals surface area contributed by atoms with Gasteiger partial charge in [-0.1, -0.05) is 6.07 Å². The molecule has 1 heterocycles. The minimum atomic E-state index is -0.617. The molecule has 0 atom stereocenters. The van der Waals surface area contributed by atoms with Crippen LogP contribution in [0.5, 0.6) is 0 Å². The van der Waals surface area contributed by atoms with Crippen LogP contribution in [-0.4, -0.2) is 9.97 Å². The van der Waals surface area contributed by atoms with Crippen LogP contribution in [0.1, 0.15) is 11.3 Å². The second-order valence-corrected chi connectivity index (χ2v) is 3.21. The maximum absolute atomic E-state index is 13.4. The highest BCUT2D eigenvalue weighted by molar-refractivity contribution is 5.60. The zero-order valence-corrected chi connectivity index (χ0v) is 8.55. The molecule has 0 aliphatic carbocycles. The fourth-order valence-corrected chi connectivity index (χ4v) is 1.32. The van der Waals surface area contributed by atoms with Crippen LogP contribution in [0.4, 0.5) is 4.39 Å². The summed E-state index contributed by atoms with van der Waals surface area (Å²) in [5, 5.41) is 17.3. The van der Waals surface area contributed by atoms with Gasteiger partial charge >= 0.3 is 0 Å². The molecule has 1 aromatic carbocycles. The minimum Gasteiger partial charge on any atom is -0.259 e. The molecule has 0 amide bonds. The van der Waals surface area contributed by atoms with Gasteiger partial charge in [0.1, 0.15) is 18.0 Å². The maximum Gasteiger partial charge on any atom is 0.159 e. The number of hydrogen-bond donors (Lipinski definition) is 0.